The second-order valence-corrected chi connectivity index (χ2v) is 13.0. The summed E-state index contributed by atoms with van der Waals surface area (Å²) in [6, 6.07) is 22.6. The van der Waals surface area contributed by atoms with Gasteiger partial charge >= 0.3 is 0 Å². The number of nitrogens with zero attached hydrogens (tertiary/aromatic N) is 2. The van der Waals surface area contributed by atoms with Crippen LogP contribution in [0.15, 0.2) is 103 Å². The fraction of sp³-hybridized carbons (Fsp3) is 0.146. The van der Waals surface area contributed by atoms with Crippen molar-refractivity contribution in [2.45, 2.75) is 32.4 Å². The summed E-state index contributed by atoms with van der Waals surface area (Å²) in [7, 11) is 1.80. The number of carbonyl (C=O) groups excluding carboxylic acids is 6. The predicted octanol–water partition coefficient (Wildman–Crippen LogP) is 4.76. The molecule has 0 unspecified atom stereocenters. The minimum absolute atomic E-state index is 0.0707. The molecular weight excluding hydrogens is 732 g/mol. The summed E-state index contributed by atoms with van der Waals surface area (Å²) in [5.74, 6) is -4.47. The Morgan fingerprint density at radius 3 is 1.81 bits per heavy atom. The number of benzene rings is 4. The number of primary amides is 1. The van der Waals surface area contributed by atoms with Crippen molar-refractivity contribution >= 4 is 58.2 Å². The molecule has 0 bridgehead atoms. The minimum atomic E-state index is -1.36. The Balaban J connectivity index is 1.21. The van der Waals surface area contributed by atoms with Crippen LogP contribution in [-0.2, 0) is 16.6 Å². The van der Waals surface area contributed by atoms with Gasteiger partial charge in [0.2, 0.25) is 11.8 Å². The van der Waals surface area contributed by atoms with Crippen molar-refractivity contribution in [2.75, 3.05) is 21.3 Å². The van der Waals surface area contributed by atoms with Crippen molar-refractivity contribution in [3.05, 3.63) is 131 Å². The lowest BCUT2D eigenvalue weighted by molar-refractivity contribution is -0.123. The first-order valence-electron chi connectivity index (χ1n) is 17.4. The Bertz CT molecular complexity index is 2360. The Kier molecular flexibility index (Phi) is 12.7. The van der Waals surface area contributed by atoms with Crippen molar-refractivity contribution in [1.82, 2.24) is 9.88 Å². The highest BCUT2D eigenvalue weighted by Gasteiger charge is 2.25. The molecule has 0 aliphatic carbocycles. The highest BCUT2D eigenvalue weighted by Crippen LogP contribution is 2.39. The van der Waals surface area contributed by atoms with Crippen LogP contribution in [0.4, 0.5) is 22.7 Å². The average Bonchev–Trinajstić information content (AvgIpc) is 3.59. The third-order valence-electron chi connectivity index (χ3n) is 8.19. The molecule has 0 spiro atoms. The SMILES string of the molecule is CC(C)Oc1c(NC(=O)c2ccc(NC(=O)[C@H](CC(N)=O)NC(=O)c3ccc(NC(=O)c4ccc(C#N)cc4)cc3)cc2)ccc(C(=O)Nc2ccn(C)c2)c1O. The summed E-state index contributed by atoms with van der Waals surface area (Å²) >= 11 is 0. The number of amides is 6. The van der Waals surface area contributed by atoms with Gasteiger partial charge in [0, 0.05) is 47.5 Å². The monoisotopic (exact) mass is 770 g/mol. The van der Waals surface area contributed by atoms with Crippen LogP contribution >= 0.6 is 0 Å². The van der Waals surface area contributed by atoms with E-state index < -0.39 is 59.8 Å². The van der Waals surface area contributed by atoms with Gasteiger partial charge in [0.05, 0.1) is 41.1 Å². The smallest absolute Gasteiger partial charge is 0.259 e. The molecule has 57 heavy (non-hydrogen) atoms. The second-order valence-electron chi connectivity index (χ2n) is 13.0. The average molecular weight is 771 g/mol. The standard InChI is InChI=1S/C41H38N8O8/c1-23(2)57-36-32(17-16-31(35(36)51)40(55)46-30-18-19-49(3)22-30)47-38(53)26-10-14-29(15-11-26)45-41(56)33(20-34(43)50)48-39(54)27-8-12-28(13-9-27)44-37(52)25-6-4-24(21-42)5-7-25/h4-19,22-23,33,51H,20H2,1-3H3,(H2,43,50)(H,44,52)(H,45,56)(H,46,55)(H,47,53)(H,48,54)/t33-/m0/s1. The number of aromatic hydroxyl groups is 1. The number of hydrogen-bond acceptors (Lipinski definition) is 9. The molecular formula is C41H38N8O8. The predicted molar refractivity (Wildman–Crippen MR) is 211 cm³/mol. The minimum Gasteiger partial charge on any atom is -0.504 e. The quantitative estimate of drug-likeness (QED) is 0.0822. The topological polar surface area (TPSA) is 247 Å². The molecule has 0 aliphatic rings. The third kappa shape index (κ3) is 10.6. The van der Waals surface area contributed by atoms with Crippen molar-refractivity contribution in [2.24, 2.45) is 12.8 Å². The molecule has 1 aromatic heterocycles. The van der Waals surface area contributed by atoms with Gasteiger partial charge in [-0.05, 0) is 105 Å². The molecule has 5 rings (SSSR count). The molecule has 16 heteroatoms. The number of nitriles is 1. The molecule has 290 valence electrons. The molecule has 0 radical (unpaired) electrons. The Labute approximate surface area is 326 Å². The van der Waals surface area contributed by atoms with E-state index in [-0.39, 0.29) is 33.8 Å². The van der Waals surface area contributed by atoms with Gasteiger partial charge in [-0.3, -0.25) is 28.8 Å². The fourth-order valence-corrected chi connectivity index (χ4v) is 5.37. The van der Waals surface area contributed by atoms with Crippen molar-refractivity contribution in [3.63, 3.8) is 0 Å². The van der Waals surface area contributed by atoms with E-state index in [4.69, 9.17) is 15.7 Å². The summed E-state index contributed by atoms with van der Waals surface area (Å²) < 4.78 is 7.53. The van der Waals surface area contributed by atoms with Crippen molar-refractivity contribution in [1.29, 1.82) is 5.26 Å². The third-order valence-corrected chi connectivity index (χ3v) is 8.19. The van der Waals surface area contributed by atoms with Crippen molar-refractivity contribution < 1.29 is 38.6 Å². The Hall–Kier alpha value is -7.93. The molecule has 0 saturated heterocycles. The Morgan fingerprint density at radius 2 is 1.26 bits per heavy atom. The highest BCUT2D eigenvalue weighted by molar-refractivity contribution is 6.10. The number of nitrogens with one attached hydrogen (secondary N) is 5. The van der Waals surface area contributed by atoms with Crippen LogP contribution in [0.2, 0.25) is 0 Å². The molecule has 16 nitrogen and oxygen atoms in total. The van der Waals surface area contributed by atoms with E-state index in [0.717, 1.165) is 0 Å². The van der Waals surface area contributed by atoms with E-state index >= 15 is 0 Å². The molecule has 0 fully saturated rings. The van der Waals surface area contributed by atoms with Crippen LogP contribution in [0.25, 0.3) is 0 Å². The molecule has 1 heterocycles. The van der Waals surface area contributed by atoms with Gasteiger partial charge in [0.1, 0.15) is 6.04 Å². The first-order chi connectivity index (χ1) is 27.2. The van der Waals surface area contributed by atoms with Crippen LogP contribution in [0.1, 0.15) is 67.3 Å². The van der Waals surface area contributed by atoms with E-state index in [1.807, 2.05) is 6.07 Å². The van der Waals surface area contributed by atoms with Crippen LogP contribution < -0.4 is 37.1 Å². The number of phenolic OH excluding ortho intramolecular Hbond substituents is 1. The van der Waals surface area contributed by atoms with E-state index in [0.29, 0.717) is 22.5 Å². The maximum absolute atomic E-state index is 13.3. The molecule has 0 saturated carbocycles. The van der Waals surface area contributed by atoms with Gasteiger partial charge < -0.3 is 46.7 Å². The Morgan fingerprint density at radius 1 is 0.719 bits per heavy atom. The van der Waals surface area contributed by atoms with E-state index in [2.05, 4.69) is 26.6 Å². The number of carbonyl (C=O) groups is 6. The van der Waals surface area contributed by atoms with Gasteiger partial charge in [-0.1, -0.05) is 0 Å². The number of nitrogens with two attached hydrogens (primary N) is 1. The van der Waals surface area contributed by atoms with Gasteiger partial charge in [-0.25, -0.2) is 0 Å². The van der Waals surface area contributed by atoms with Crippen LogP contribution in [-0.4, -0.2) is 57.3 Å². The number of anilines is 4. The summed E-state index contributed by atoms with van der Waals surface area (Å²) in [4.78, 5) is 76.9. The van der Waals surface area contributed by atoms with Crippen molar-refractivity contribution in [3.8, 4) is 17.6 Å². The fourth-order valence-electron chi connectivity index (χ4n) is 5.37. The molecule has 1 atom stereocenters. The zero-order valence-corrected chi connectivity index (χ0v) is 31.0. The van der Waals surface area contributed by atoms with Gasteiger partial charge in [-0.15, -0.1) is 0 Å². The largest absolute Gasteiger partial charge is 0.504 e. The number of aromatic nitrogens is 1. The number of hydrogen-bond donors (Lipinski definition) is 7. The molecule has 5 aromatic rings. The lowest BCUT2D eigenvalue weighted by atomic mass is 10.1. The van der Waals surface area contributed by atoms with Gasteiger partial charge in [-0.2, -0.15) is 5.26 Å². The van der Waals surface area contributed by atoms with Crippen LogP contribution in [0.5, 0.6) is 11.5 Å². The second kappa shape index (κ2) is 17.9. The normalized spacial score (nSPS) is 11.1. The summed E-state index contributed by atoms with van der Waals surface area (Å²) in [5.41, 5.74) is 7.57. The highest BCUT2D eigenvalue weighted by atomic mass is 16.5. The first-order valence-corrected chi connectivity index (χ1v) is 17.4. The van der Waals surface area contributed by atoms with Crippen LogP contribution in [0, 0.1) is 11.3 Å². The molecule has 0 aliphatic heterocycles. The van der Waals surface area contributed by atoms with Gasteiger partial charge in [0.15, 0.2) is 11.5 Å². The maximum atomic E-state index is 13.3. The lowest BCUT2D eigenvalue weighted by Gasteiger charge is -2.18. The lowest BCUT2D eigenvalue weighted by Crippen LogP contribution is -2.46. The zero-order chi connectivity index (χ0) is 41.2. The molecule has 6 amide bonds. The van der Waals surface area contributed by atoms with Crippen LogP contribution in [0.3, 0.4) is 0 Å². The van der Waals surface area contributed by atoms with Gasteiger partial charge in [0.25, 0.3) is 23.6 Å². The first kappa shape index (κ1) is 40.3. The summed E-state index contributed by atoms with van der Waals surface area (Å²) in [6.45, 7) is 3.44. The maximum Gasteiger partial charge on any atom is 0.259 e. The molecule has 8 N–H and O–H groups in total. The summed E-state index contributed by atoms with van der Waals surface area (Å²) in [5, 5.41) is 33.1. The number of ether oxygens (including phenoxy) is 1. The van der Waals surface area contributed by atoms with E-state index in [1.54, 1.807) is 43.9 Å². The number of phenols is 1. The molecule has 4 aromatic carbocycles. The number of rotatable bonds is 14. The van der Waals surface area contributed by atoms with E-state index in [9.17, 15) is 33.9 Å². The van der Waals surface area contributed by atoms with E-state index in [1.165, 1.54) is 84.9 Å². The number of aryl methyl sites for hydroxylation is 1. The zero-order valence-electron chi connectivity index (χ0n) is 31.0. The summed E-state index contributed by atoms with van der Waals surface area (Å²) in [6.07, 6.45) is 2.50.